The van der Waals surface area contributed by atoms with E-state index in [2.05, 4.69) is 78.5 Å². The van der Waals surface area contributed by atoms with Gasteiger partial charge in [-0.05, 0) is 110 Å². The van der Waals surface area contributed by atoms with Crippen molar-refractivity contribution in [3.8, 4) is 46.0 Å². The van der Waals surface area contributed by atoms with Crippen molar-refractivity contribution in [3.63, 3.8) is 0 Å². The topological polar surface area (TPSA) is 52.6 Å². The fourth-order valence-electron chi connectivity index (χ4n) is 7.21. The summed E-state index contributed by atoms with van der Waals surface area (Å²) in [7, 11) is 7.79. The lowest BCUT2D eigenvalue weighted by molar-refractivity contribution is 0.218. The molecule has 0 amide bonds. The first-order chi connectivity index (χ1) is 21.0. The average molecular weight is 577 g/mol. The summed E-state index contributed by atoms with van der Waals surface area (Å²) in [5, 5.41) is 0. The molecule has 7 heteroatoms. The number of rotatable bonds is 2. The van der Waals surface area contributed by atoms with Gasteiger partial charge in [0.05, 0.1) is 14.2 Å². The molecule has 0 aliphatic carbocycles. The SMILES string of the molecule is COc1ccc2cc1Oc1ccc(cc1)CC1c3cc4c(cc3CCN1C)Oc1c(OC)cc3c(c1O4)C(C2)N(C)CC3. The first kappa shape index (κ1) is 26.4. The third-order valence-corrected chi connectivity index (χ3v) is 9.64. The van der Waals surface area contributed by atoms with Gasteiger partial charge in [-0.3, -0.25) is 9.80 Å². The highest BCUT2D eigenvalue weighted by Crippen LogP contribution is 2.56. The van der Waals surface area contributed by atoms with E-state index < -0.39 is 0 Å². The average Bonchev–Trinajstić information content (AvgIpc) is 3.02. The minimum Gasteiger partial charge on any atom is -0.493 e. The molecule has 0 radical (unpaired) electrons. The number of methoxy groups -OCH3 is 2. The van der Waals surface area contributed by atoms with Crippen LogP contribution in [0.25, 0.3) is 0 Å². The number of benzene rings is 4. The predicted molar refractivity (Wildman–Crippen MR) is 165 cm³/mol. The molecule has 0 aromatic heterocycles. The van der Waals surface area contributed by atoms with E-state index in [4.69, 9.17) is 23.7 Å². The maximum absolute atomic E-state index is 6.91. The van der Waals surface area contributed by atoms with E-state index in [1.165, 1.54) is 22.3 Å². The van der Waals surface area contributed by atoms with Gasteiger partial charge in [-0.1, -0.05) is 18.2 Å². The molecule has 4 aromatic carbocycles. The van der Waals surface area contributed by atoms with Gasteiger partial charge in [-0.25, -0.2) is 0 Å². The molecule has 2 atom stereocenters. The van der Waals surface area contributed by atoms with E-state index in [9.17, 15) is 0 Å². The van der Waals surface area contributed by atoms with E-state index >= 15 is 0 Å². The Labute approximate surface area is 252 Å². The Morgan fingerprint density at radius 1 is 0.628 bits per heavy atom. The van der Waals surface area contributed by atoms with Gasteiger partial charge in [0.2, 0.25) is 5.75 Å². The monoisotopic (exact) mass is 576 g/mol. The molecule has 43 heavy (non-hydrogen) atoms. The molecule has 5 aliphatic rings. The number of ether oxygens (including phenoxy) is 5. The molecule has 0 fully saturated rings. The number of fused-ring (bicyclic) bond motifs is 2. The maximum atomic E-state index is 6.91. The van der Waals surface area contributed by atoms with Crippen LogP contribution in [-0.2, 0) is 25.7 Å². The molecule has 4 aromatic rings. The largest absolute Gasteiger partial charge is 0.493 e. The zero-order valence-electron chi connectivity index (χ0n) is 25.1. The standard InChI is InChI=1S/C36H36N2O5/c1-37-13-11-23-18-31-32-20-26(23)27(37)15-21-5-8-25(9-6-21)41-30-17-22(7-10-29(30)39-3)16-28-34-24(12-14-38(28)2)19-33(40-4)35(42-31)36(34)43-32/h5-10,17-20,27-28H,11-16H2,1-4H3. The number of nitrogens with zero attached hydrogens (tertiary/aromatic N) is 2. The molecule has 2 unspecified atom stereocenters. The molecule has 0 spiro atoms. The van der Waals surface area contributed by atoms with Crippen molar-refractivity contribution in [2.45, 2.75) is 37.8 Å². The van der Waals surface area contributed by atoms with E-state index in [1.807, 2.05) is 6.07 Å². The van der Waals surface area contributed by atoms with Gasteiger partial charge in [0.1, 0.15) is 5.75 Å². The lowest BCUT2D eigenvalue weighted by Crippen LogP contribution is -2.34. The Morgan fingerprint density at radius 2 is 1.30 bits per heavy atom. The zero-order valence-corrected chi connectivity index (χ0v) is 25.1. The number of hydrogen-bond donors (Lipinski definition) is 0. The molecular formula is C36H36N2O5. The van der Waals surface area contributed by atoms with Crippen molar-refractivity contribution in [1.29, 1.82) is 0 Å². The summed E-state index contributed by atoms with van der Waals surface area (Å²) >= 11 is 0. The first-order valence-corrected chi connectivity index (χ1v) is 15.1. The summed E-state index contributed by atoms with van der Waals surface area (Å²) in [6, 6.07) is 21.5. The minimum absolute atomic E-state index is 0.0736. The Bertz CT molecular complexity index is 1730. The highest BCUT2D eigenvalue weighted by molar-refractivity contribution is 5.67. The van der Waals surface area contributed by atoms with Crippen LogP contribution in [0, 0.1) is 0 Å². The highest BCUT2D eigenvalue weighted by Gasteiger charge is 2.37. The van der Waals surface area contributed by atoms with Gasteiger partial charge in [-0.2, -0.15) is 0 Å². The van der Waals surface area contributed by atoms with Gasteiger partial charge in [-0.15, -0.1) is 0 Å². The summed E-state index contributed by atoms with van der Waals surface area (Å²) in [5.74, 6) is 5.87. The van der Waals surface area contributed by atoms with Crippen LogP contribution in [0.15, 0.2) is 60.7 Å². The summed E-state index contributed by atoms with van der Waals surface area (Å²) in [6.45, 7) is 1.92. The van der Waals surface area contributed by atoms with Crippen LogP contribution in [0.2, 0.25) is 0 Å². The third-order valence-electron chi connectivity index (χ3n) is 9.64. The van der Waals surface area contributed by atoms with E-state index in [-0.39, 0.29) is 12.1 Å². The Hall–Kier alpha value is -4.20. The Balaban J connectivity index is 1.34. The van der Waals surface area contributed by atoms with Gasteiger partial charge in [0.25, 0.3) is 0 Å². The van der Waals surface area contributed by atoms with Crippen LogP contribution < -0.4 is 23.7 Å². The highest BCUT2D eigenvalue weighted by atomic mass is 16.6. The molecular weight excluding hydrogens is 540 g/mol. The summed E-state index contributed by atoms with van der Waals surface area (Å²) < 4.78 is 31.6. The smallest absolute Gasteiger partial charge is 0.212 e. The first-order valence-electron chi connectivity index (χ1n) is 15.1. The lowest BCUT2D eigenvalue weighted by Gasteiger charge is -2.39. The van der Waals surface area contributed by atoms with Gasteiger partial charge in [0, 0.05) is 30.7 Å². The molecule has 0 saturated carbocycles. The summed E-state index contributed by atoms with van der Waals surface area (Å²) in [4.78, 5) is 4.86. The second-order valence-electron chi connectivity index (χ2n) is 12.1. The van der Waals surface area contributed by atoms with Crippen molar-refractivity contribution in [2.75, 3.05) is 41.4 Å². The van der Waals surface area contributed by atoms with Crippen LogP contribution in [0.4, 0.5) is 0 Å². The minimum atomic E-state index is 0.0736. The Morgan fingerprint density at radius 3 is 2.09 bits per heavy atom. The number of hydrogen-bond acceptors (Lipinski definition) is 7. The second kappa shape index (κ2) is 10.2. The molecule has 7 nitrogen and oxygen atoms in total. The molecule has 7 bridgehead atoms. The predicted octanol–water partition coefficient (Wildman–Crippen LogP) is 7.25. The molecule has 5 aliphatic heterocycles. The van der Waals surface area contributed by atoms with Crippen LogP contribution >= 0.6 is 0 Å². The fraction of sp³-hybridized carbons (Fsp3) is 0.333. The molecule has 9 rings (SSSR count). The van der Waals surface area contributed by atoms with Crippen molar-refractivity contribution in [1.82, 2.24) is 9.80 Å². The zero-order chi connectivity index (χ0) is 29.2. The van der Waals surface area contributed by atoms with Crippen molar-refractivity contribution < 1.29 is 23.7 Å². The third kappa shape index (κ3) is 4.41. The summed E-state index contributed by atoms with van der Waals surface area (Å²) in [5.41, 5.74) is 7.41. The van der Waals surface area contributed by atoms with E-state index in [0.717, 1.165) is 72.9 Å². The lowest BCUT2D eigenvalue weighted by atomic mass is 9.86. The summed E-state index contributed by atoms with van der Waals surface area (Å²) in [6.07, 6.45) is 3.53. The second-order valence-corrected chi connectivity index (χ2v) is 12.1. The van der Waals surface area contributed by atoms with Crippen molar-refractivity contribution in [2.24, 2.45) is 0 Å². The van der Waals surface area contributed by atoms with Gasteiger partial charge >= 0.3 is 0 Å². The van der Waals surface area contributed by atoms with Gasteiger partial charge < -0.3 is 23.7 Å². The van der Waals surface area contributed by atoms with Crippen molar-refractivity contribution in [3.05, 3.63) is 94.0 Å². The normalized spacial score (nSPS) is 20.4. The maximum Gasteiger partial charge on any atom is 0.212 e. The van der Waals surface area contributed by atoms with E-state index in [0.29, 0.717) is 23.0 Å². The van der Waals surface area contributed by atoms with Gasteiger partial charge in [0.15, 0.2) is 34.5 Å². The van der Waals surface area contributed by atoms with Crippen molar-refractivity contribution >= 4 is 0 Å². The van der Waals surface area contributed by atoms with E-state index in [1.54, 1.807) is 14.2 Å². The molecule has 0 saturated heterocycles. The van der Waals surface area contributed by atoms with Crippen LogP contribution in [-0.4, -0.2) is 51.2 Å². The van der Waals surface area contributed by atoms with Crippen LogP contribution in [0.3, 0.4) is 0 Å². The quantitative estimate of drug-likeness (QED) is 0.219. The Kier molecular flexibility index (Phi) is 6.28. The number of likely N-dealkylation sites (N-methyl/N-ethyl adjacent to an activating group) is 2. The van der Waals surface area contributed by atoms with Crippen LogP contribution in [0.1, 0.15) is 45.5 Å². The molecule has 0 N–H and O–H groups in total. The fourth-order valence-corrected chi connectivity index (χ4v) is 7.21. The molecule has 5 heterocycles. The molecule has 220 valence electrons. The van der Waals surface area contributed by atoms with Crippen LogP contribution in [0.5, 0.6) is 46.0 Å².